The minimum atomic E-state index is -0.731. The smallest absolute Gasteiger partial charge is 0.303 e. The second-order valence-electron chi connectivity index (χ2n) is 7.44. The van der Waals surface area contributed by atoms with E-state index in [-0.39, 0.29) is 17.8 Å². The Labute approximate surface area is 137 Å². The molecule has 1 heterocycles. The molecule has 1 aliphatic rings. The highest BCUT2D eigenvalue weighted by Gasteiger charge is 2.26. The molecule has 4 nitrogen and oxygen atoms in total. The van der Waals surface area contributed by atoms with Gasteiger partial charge >= 0.3 is 5.97 Å². The number of hydrogen-bond donors (Lipinski definition) is 1. The van der Waals surface area contributed by atoms with Crippen molar-refractivity contribution >= 4 is 5.97 Å². The molecule has 0 aliphatic heterocycles. The van der Waals surface area contributed by atoms with Crippen molar-refractivity contribution in [3.05, 3.63) is 47.3 Å². The zero-order chi connectivity index (χ0) is 16.6. The third kappa shape index (κ3) is 3.16. The summed E-state index contributed by atoms with van der Waals surface area (Å²) in [5.74, 6) is -0.635. The molecule has 3 rings (SSSR count). The number of carboxylic acid groups (broad SMARTS) is 1. The fraction of sp³-hybridized carbons (Fsp3) is 0.474. The highest BCUT2D eigenvalue weighted by Crippen LogP contribution is 2.35. The van der Waals surface area contributed by atoms with Crippen molar-refractivity contribution in [3.8, 4) is 5.69 Å². The fourth-order valence-corrected chi connectivity index (χ4v) is 3.40. The van der Waals surface area contributed by atoms with Crippen molar-refractivity contribution in [1.82, 2.24) is 9.78 Å². The maximum absolute atomic E-state index is 11.1. The molecule has 0 saturated heterocycles. The van der Waals surface area contributed by atoms with Crippen LogP contribution in [0.3, 0.4) is 0 Å². The van der Waals surface area contributed by atoms with Crippen molar-refractivity contribution in [2.75, 3.05) is 0 Å². The molecule has 1 N–H and O–H groups in total. The van der Waals surface area contributed by atoms with Gasteiger partial charge in [-0.15, -0.1) is 0 Å². The Morgan fingerprint density at radius 1 is 1.30 bits per heavy atom. The van der Waals surface area contributed by atoms with E-state index >= 15 is 0 Å². The Balaban J connectivity index is 1.93. The van der Waals surface area contributed by atoms with Gasteiger partial charge in [0, 0.05) is 5.69 Å². The summed E-state index contributed by atoms with van der Waals surface area (Å²) >= 11 is 0. The standard InChI is InChI=1S/C19H24N2O2/c1-19(2,3)14-7-9-15(10-8-14)21-17-6-4-5-13(11-18(22)23)16(17)12-20-21/h7-10,12-13H,4-6,11H2,1-3H3,(H,22,23). The minimum Gasteiger partial charge on any atom is -0.481 e. The lowest BCUT2D eigenvalue weighted by atomic mass is 9.85. The summed E-state index contributed by atoms with van der Waals surface area (Å²) in [5.41, 5.74) is 4.76. The Morgan fingerprint density at radius 3 is 2.61 bits per heavy atom. The lowest BCUT2D eigenvalue weighted by Crippen LogP contribution is -2.15. The predicted molar refractivity (Wildman–Crippen MR) is 90.2 cm³/mol. The molecule has 23 heavy (non-hydrogen) atoms. The summed E-state index contributed by atoms with van der Waals surface area (Å²) in [4.78, 5) is 11.1. The maximum Gasteiger partial charge on any atom is 0.303 e. The Hall–Kier alpha value is -2.10. The van der Waals surface area contributed by atoms with Gasteiger partial charge in [-0.2, -0.15) is 5.10 Å². The quantitative estimate of drug-likeness (QED) is 0.929. The van der Waals surface area contributed by atoms with Gasteiger partial charge in [0.2, 0.25) is 0 Å². The number of rotatable bonds is 3. The first-order valence-corrected chi connectivity index (χ1v) is 8.26. The van der Waals surface area contributed by atoms with Crippen LogP contribution in [-0.4, -0.2) is 20.9 Å². The first-order chi connectivity index (χ1) is 10.9. The Kier molecular flexibility index (Phi) is 4.00. The second-order valence-corrected chi connectivity index (χ2v) is 7.44. The molecule has 0 amide bonds. The van der Waals surface area contributed by atoms with Crippen molar-refractivity contribution in [2.24, 2.45) is 0 Å². The molecule has 0 radical (unpaired) electrons. The lowest BCUT2D eigenvalue weighted by molar-refractivity contribution is -0.137. The van der Waals surface area contributed by atoms with Crippen LogP contribution in [0, 0.1) is 0 Å². The average molecular weight is 312 g/mol. The van der Waals surface area contributed by atoms with Crippen molar-refractivity contribution in [1.29, 1.82) is 0 Å². The fourth-order valence-electron chi connectivity index (χ4n) is 3.40. The number of hydrogen-bond acceptors (Lipinski definition) is 2. The third-order valence-corrected chi connectivity index (χ3v) is 4.71. The van der Waals surface area contributed by atoms with Gasteiger partial charge in [0.15, 0.2) is 0 Å². The molecule has 1 aromatic carbocycles. The van der Waals surface area contributed by atoms with Crippen LogP contribution in [0.2, 0.25) is 0 Å². The van der Waals surface area contributed by atoms with E-state index in [4.69, 9.17) is 5.11 Å². The summed E-state index contributed by atoms with van der Waals surface area (Å²) < 4.78 is 1.98. The van der Waals surface area contributed by atoms with Gasteiger partial charge in [0.05, 0.1) is 18.3 Å². The molecular weight excluding hydrogens is 288 g/mol. The molecule has 0 fully saturated rings. The molecule has 2 aromatic rings. The van der Waals surface area contributed by atoms with Crippen LogP contribution in [0.25, 0.3) is 5.69 Å². The number of aromatic nitrogens is 2. The zero-order valence-corrected chi connectivity index (χ0v) is 14.0. The third-order valence-electron chi connectivity index (χ3n) is 4.71. The number of carbonyl (C=O) groups is 1. The van der Waals surface area contributed by atoms with Gasteiger partial charge in [-0.05, 0) is 53.9 Å². The molecule has 122 valence electrons. The minimum absolute atomic E-state index is 0.0962. The van der Waals surface area contributed by atoms with Crippen molar-refractivity contribution in [2.45, 2.75) is 57.8 Å². The topological polar surface area (TPSA) is 55.1 Å². The van der Waals surface area contributed by atoms with Crippen LogP contribution in [0.4, 0.5) is 0 Å². The summed E-state index contributed by atoms with van der Waals surface area (Å²) in [6.45, 7) is 6.61. The normalized spacial score (nSPS) is 17.8. The van der Waals surface area contributed by atoms with E-state index in [9.17, 15) is 4.79 Å². The van der Waals surface area contributed by atoms with E-state index in [0.717, 1.165) is 30.5 Å². The lowest BCUT2D eigenvalue weighted by Gasteiger charge is -2.22. The highest BCUT2D eigenvalue weighted by molar-refractivity contribution is 5.68. The predicted octanol–water partition coefficient (Wildman–Crippen LogP) is 4.06. The van der Waals surface area contributed by atoms with Crippen molar-refractivity contribution in [3.63, 3.8) is 0 Å². The van der Waals surface area contributed by atoms with Crippen LogP contribution in [0.15, 0.2) is 30.5 Å². The summed E-state index contributed by atoms with van der Waals surface area (Å²) in [6, 6.07) is 8.52. The highest BCUT2D eigenvalue weighted by atomic mass is 16.4. The maximum atomic E-state index is 11.1. The molecule has 1 aliphatic carbocycles. The summed E-state index contributed by atoms with van der Waals surface area (Å²) in [7, 11) is 0. The molecule has 1 unspecified atom stereocenters. The monoisotopic (exact) mass is 312 g/mol. The van der Waals surface area contributed by atoms with Crippen LogP contribution < -0.4 is 0 Å². The van der Waals surface area contributed by atoms with Crippen molar-refractivity contribution < 1.29 is 9.90 Å². The SMILES string of the molecule is CC(C)(C)c1ccc(-n2ncc3c2CCCC3CC(=O)O)cc1. The first-order valence-electron chi connectivity index (χ1n) is 8.26. The van der Waals surface area contributed by atoms with E-state index in [0.29, 0.717) is 0 Å². The molecular formula is C19H24N2O2. The molecule has 4 heteroatoms. The summed E-state index contributed by atoms with van der Waals surface area (Å²) in [5, 5.41) is 13.6. The van der Waals surface area contributed by atoms with Gasteiger partial charge in [-0.3, -0.25) is 4.79 Å². The van der Waals surface area contributed by atoms with Gasteiger partial charge in [-0.25, -0.2) is 4.68 Å². The van der Waals surface area contributed by atoms with Crippen LogP contribution in [0.1, 0.15) is 62.8 Å². The molecule has 0 spiro atoms. The first kappa shape index (κ1) is 15.8. The molecule has 0 bridgehead atoms. The Bertz CT molecular complexity index is 708. The van der Waals surface area contributed by atoms with E-state index in [1.807, 2.05) is 10.9 Å². The van der Waals surface area contributed by atoms with Gasteiger partial charge < -0.3 is 5.11 Å². The van der Waals surface area contributed by atoms with E-state index in [2.05, 4.69) is 50.1 Å². The number of fused-ring (bicyclic) bond motifs is 1. The van der Waals surface area contributed by atoms with Gasteiger partial charge in [0.1, 0.15) is 0 Å². The molecule has 0 saturated carbocycles. The number of nitrogens with zero attached hydrogens (tertiary/aromatic N) is 2. The molecule has 1 atom stereocenters. The van der Waals surface area contributed by atoms with E-state index in [1.165, 1.54) is 11.3 Å². The van der Waals surface area contributed by atoms with Crippen LogP contribution >= 0.6 is 0 Å². The largest absolute Gasteiger partial charge is 0.481 e. The van der Waals surface area contributed by atoms with E-state index < -0.39 is 5.97 Å². The van der Waals surface area contributed by atoms with Crippen LogP contribution in [-0.2, 0) is 16.6 Å². The zero-order valence-electron chi connectivity index (χ0n) is 14.0. The van der Waals surface area contributed by atoms with Crippen LogP contribution in [0.5, 0.6) is 0 Å². The number of carboxylic acids is 1. The van der Waals surface area contributed by atoms with E-state index in [1.54, 1.807) is 0 Å². The average Bonchev–Trinajstić information content (AvgIpc) is 2.91. The van der Waals surface area contributed by atoms with Gasteiger partial charge in [-0.1, -0.05) is 32.9 Å². The van der Waals surface area contributed by atoms with Gasteiger partial charge in [0.25, 0.3) is 0 Å². The second kappa shape index (κ2) is 5.84. The number of aliphatic carboxylic acids is 1. The molecule has 1 aromatic heterocycles. The summed E-state index contributed by atoms with van der Waals surface area (Å²) in [6.07, 6.45) is 4.98. The number of benzene rings is 1. The Morgan fingerprint density at radius 2 is 2.00 bits per heavy atom.